The van der Waals surface area contributed by atoms with Crippen molar-refractivity contribution in [3.05, 3.63) is 80.9 Å². The topological polar surface area (TPSA) is 122 Å². The molecule has 0 spiro atoms. The molecule has 3 aromatic rings. The summed E-state index contributed by atoms with van der Waals surface area (Å²) in [5.41, 5.74) is 4.83. The molecule has 0 saturated carbocycles. The van der Waals surface area contributed by atoms with Gasteiger partial charge in [0.05, 0.1) is 35.6 Å². The van der Waals surface area contributed by atoms with Gasteiger partial charge in [-0.3, -0.25) is 9.59 Å². The van der Waals surface area contributed by atoms with E-state index in [0.29, 0.717) is 34.1 Å². The van der Waals surface area contributed by atoms with Crippen LogP contribution in [0.25, 0.3) is 0 Å². The van der Waals surface area contributed by atoms with Gasteiger partial charge >= 0.3 is 0 Å². The molecule has 0 radical (unpaired) electrons. The SMILES string of the molecule is COc1cccc(NC(=O)CC(=O)NN=Cc2cc(I)c(OCc3ccccc3C#N)c(OC)c2)c1. The first-order chi connectivity index (χ1) is 17.4. The van der Waals surface area contributed by atoms with Crippen molar-refractivity contribution >= 4 is 46.3 Å². The molecule has 10 heteroatoms. The standard InChI is InChI=1S/C26H23IN4O5/c1-34-21-9-5-8-20(12-21)30-24(32)13-25(33)31-29-15-17-10-22(27)26(23(11-17)35-2)36-16-19-7-4-3-6-18(19)14-28/h3-12,15H,13,16H2,1-2H3,(H,30,32)(H,31,33). The van der Waals surface area contributed by atoms with Gasteiger partial charge in [-0.05, 0) is 58.5 Å². The first kappa shape index (κ1) is 26.5. The second kappa shape index (κ2) is 13.1. The van der Waals surface area contributed by atoms with Crippen LogP contribution in [0.15, 0.2) is 65.8 Å². The number of anilines is 1. The van der Waals surface area contributed by atoms with Crippen LogP contribution in [0, 0.1) is 14.9 Å². The van der Waals surface area contributed by atoms with Crippen molar-refractivity contribution in [3.63, 3.8) is 0 Å². The summed E-state index contributed by atoms with van der Waals surface area (Å²) in [6.07, 6.45) is 1.05. The first-order valence-electron chi connectivity index (χ1n) is 10.7. The van der Waals surface area contributed by atoms with Gasteiger partial charge in [-0.15, -0.1) is 0 Å². The van der Waals surface area contributed by atoms with Crippen molar-refractivity contribution < 1.29 is 23.8 Å². The number of nitrogens with one attached hydrogen (secondary N) is 2. The van der Waals surface area contributed by atoms with Gasteiger partial charge in [0.15, 0.2) is 11.5 Å². The van der Waals surface area contributed by atoms with Crippen LogP contribution in [0.4, 0.5) is 5.69 Å². The second-order valence-corrected chi connectivity index (χ2v) is 8.50. The van der Waals surface area contributed by atoms with Crippen molar-refractivity contribution in [1.82, 2.24) is 5.43 Å². The number of nitrogens with zero attached hydrogens (tertiary/aromatic N) is 2. The molecule has 0 fully saturated rings. The molecular weight excluding hydrogens is 575 g/mol. The lowest BCUT2D eigenvalue weighted by Crippen LogP contribution is -2.24. The van der Waals surface area contributed by atoms with Crippen LogP contribution in [0.2, 0.25) is 0 Å². The lowest BCUT2D eigenvalue weighted by Gasteiger charge is -2.14. The Bertz CT molecular complexity index is 1320. The zero-order valence-corrected chi connectivity index (χ0v) is 21.7. The van der Waals surface area contributed by atoms with Crippen molar-refractivity contribution in [1.29, 1.82) is 5.26 Å². The highest BCUT2D eigenvalue weighted by Crippen LogP contribution is 2.34. The fourth-order valence-electron chi connectivity index (χ4n) is 3.13. The van der Waals surface area contributed by atoms with E-state index in [1.54, 1.807) is 48.5 Å². The third kappa shape index (κ3) is 7.44. The Morgan fingerprint density at radius 2 is 1.86 bits per heavy atom. The van der Waals surface area contributed by atoms with Gasteiger partial charge in [-0.1, -0.05) is 24.3 Å². The Morgan fingerprint density at radius 1 is 1.06 bits per heavy atom. The number of methoxy groups -OCH3 is 2. The van der Waals surface area contributed by atoms with Crippen molar-refractivity contribution in [3.8, 4) is 23.3 Å². The summed E-state index contributed by atoms with van der Waals surface area (Å²) in [6, 6.07) is 19.7. The largest absolute Gasteiger partial charge is 0.497 e. The van der Waals surface area contributed by atoms with Gasteiger partial charge in [0, 0.05) is 17.3 Å². The predicted octanol–water partition coefficient (Wildman–Crippen LogP) is 4.24. The molecule has 3 aromatic carbocycles. The molecule has 0 aromatic heterocycles. The highest BCUT2D eigenvalue weighted by Gasteiger charge is 2.13. The maximum Gasteiger partial charge on any atom is 0.249 e. The summed E-state index contributed by atoms with van der Waals surface area (Å²) in [5.74, 6) is 0.550. The molecule has 0 unspecified atom stereocenters. The van der Waals surface area contributed by atoms with Gasteiger partial charge in [0.2, 0.25) is 11.8 Å². The zero-order valence-electron chi connectivity index (χ0n) is 19.6. The fraction of sp³-hybridized carbons (Fsp3) is 0.154. The van der Waals surface area contributed by atoms with Crippen LogP contribution in [0.1, 0.15) is 23.1 Å². The molecule has 0 saturated heterocycles. The van der Waals surface area contributed by atoms with Gasteiger partial charge in [0.25, 0.3) is 0 Å². The molecule has 0 bridgehead atoms. The molecule has 0 aliphatic rings. The summed E-state index contributed by atoms with van der Waals surface area (Å²) in [6.45, 7) is 0.206. The monoisotopic (exact) mass is 598 g/mol. The average molecular weight is 598 g/mol. The summed E-state index contributed by atoms with van der Waals surface area (Å²) in [7, 11) is 3.05. The number of ether oxygens (including phenoxy) is 3. The number of hydrazone groups is 1. The summed E-state index contributed by atoms with van der Waals surface area (Å²) >= 11 is 2.11. The maximum absolute atomic E-state index is 12.1. The number of hydrogen-bond acceptors (Lipinski definition) is 7. The Hall–Kier alpha value is -4.11. The highest BCUT2D eigenvalue weighted by atomic mass is 127. The van der Waals surface area contributed by atoms with Crippen molar-refractivity contribution in [2.45, 2.75) is 13.0 Å². The number of hydrogen-bond donors (Lipinski definition) is 2. The Balaban J connectivity index is 1.58. The minimum atomic E-state index is -0.565. The third-order valence-corrected chi connectivity index (χ3v) is 5.64. The van der Waals surface area contributed by atoms with Crippen LogP contribution in [0.3, 0.4) is 0 Å². The van der Waals surface area contributed by atoms with Crippen molar-refractivity contribution in [2.75, 3.05) is 19.5 Å². The van der Waals surface area contributed by atoms with E-state index < -0.39 is 18.2 Å². The first-order valence-corrected chi connectivity index (χ1v) is 11.8. The molecule has 184 valence electrons. The van der Waals surface area contributed by atoms with Gasteiger partial charge in [-0.25, -0.2) is 5.43 Å². The van der Waals surface area contributed by atoms with E-state index in [4.69, 9.17) is 14.2 Å². The Labute approximate surface area is 222 Å². The van der Waals surface area contributed by atoms with E-state index in [1.165, 1.54) is 20.4 Å². The molecule has 36 heavy (non-hydrogen) atoms. The van der Waals surface area contributed by atoms with E-state index in [0.717, 1.165) is 9.13 Å². The molecule has 3 rings (SSSR count). The number of rotatable bonds is 10. The van der Waals surface area contributed by atoms with E-state index in [2.05, 4.69) is 44.5 Å². The fourth-order valence-corrected chi connectivity index (χ4v) is 3.91. The number of carbonyl (C=O) groups is 2. The lowest BCUT2D eigenvalue weighted by atomic mass is 10.1. The van der Waals surface area contributed by atoms with E-state index in [-0.39, 0.29) is 6.61 Å². The third-order valence-electron chi connectivity index (χ3n) is 4.84. The van der Waals surface area contributed by atoms with E-state index in [1.807, 2.05) is 12.1 Å². The summed E-state index contributed by atoms with van der Waals surface area (Å²) in [4.78, 5) is 24.2. The predicted molar refractivity (Wildman–Crippen MR) is 143 cm³/mol. The lowest BCUT2D eigenvalue weighted by molar-refractivity contribution is -0.126. The molecule has 0 aliphatic carbocycles. The van der Waals surface area contributed by atoms with Gasteiger partial charge < -0.3 is 19.5 Å². The normalized spacial score (nSPS) is 10.4. The van der Waals surface area contributed by atoms with Crippen LogP contribution in [0.5, 0.6) is 17.2 Å². The highest BCUT2D eigenvalue weighted by molar-refractivity contribution is 14.1. The van der Waals surface area contributed by atoms with Gasteiger partial charge in [0.1, 0.15) is 18.8 Å². The number of benzene rings is 3. The van der Waals surface area contributed by atoms with Crippen LogP contribution < -0.4 is 25.0 Å². The van der Waals surface area contributed by atoms with Crippen LogP contribution in [-0.4, -0.2) is 32.2 Å². The van der Waals surface area contributed by atoms with Crippen molar-refractivity contribution in [2.24, 2.45) is 5.10 Å². The zero-order chi connectivity index (χ0) is 25.9. The number of carbonyl (C=O) groups excluding carboxylic acids is 2. The summed E-state index contributed by atoms with van der Waals surface area (Å²) < 4.78 is 17.3. The molecule has 0 atom stereocenters. The molecule has 2 N–H and O–H groups in total. The van der Waals surface area contributed by atoms with Crippen LogP contribution in [-0.2, 0) is 16.2 Å². The average Bonchev–Trinajstić information content (AvgIpc) is 2.87. The minimum absolute atomic E-state index is 0.206. The van der Waals surface area contributed by atoms with Crippen LogP contribution >= 0.6 is 22.6 Å². The van der Waals surface area contributed by atoms with E-state index in [9.17, 15) is 14.9 Å². The van der Waals surface area contributed by atoms with Gasteiger partial charge in [-0.2, -0.15) is 10.4 Å². The Morgan fingerprint density at radius 3 is 2.61 bits per heavy atom. The molecule has 2 amide bonds. The molecule has 9 nitrogen and oxygen atoms in total. The number of halogens is 1. The number of amides is 2. The second-order valence-electron chi connectivity index (χ2n) is 7.34. The quantitative estimate of drug-likeness (QED) is 0.156. The number of nitriles is 1. The Kier molecular flexibility index (Phi) is 9.64. The smallest absolute Gasteiger partial charge is 0.249 e. The molecule has 0 heterocycles. The maximum atomic E-state index is 12.1. The molecule has 0 aliphatic heterocycles. The minimum Gasteiger partial charge on any atom is -0.497 e. The van der Waals surface area contributed by atoms with E-state index >= 15 is 0 Å². The summed E-state index contributed by atoms with van der Waals surface area (Å²) in [5, 5.41) is 15.8. The molecular formula is C26H23IN4O5.